The third-order valence-electron chi connectivity index (χ3n) is 6.58. The van der Waals surface area contributed by atoms with Crippen molar-refractivity contribution in [3.05, 3.63) is 78.4 Å². The molecule has 0 radical (unpaired) electrons. The minimum absolute atomic E-state index is 0.0580. The van der Waals surface area contributed by atoms with Gasteiger partial charge in [0, 0.05) is 26.2 Å². The van der Waals surface area contributed by atoms with E-state index in [0.717, 1.165) is 40.7 Å². The van der Waals surface area contributed by atoms with Gasteiger partial charge in [-0.25, -0.2) is 28.4 Å². The minimum atomic E-state index is -4.98. The Bertz CT molecular complexity index is 1750. The van der Waals surface area contributed by atoms with Gasteiger partial charge >= 0.3 is 12.5 Å². The predicted octanol–water partition coefficient (Wildman–Crippen LogP) is 3.53. The highest BCUT2D eigenvalue weighted by molar-refractivity contribution is 7.89. The van der Waals surface area contributed by atoms with Crippen LogP contribution in [0.25, 0.3) is 11.2 Å². The van der Waals surface area contributed by atoms with Crippen molar-refractivity contribution in [1.29, 1.82) is 0 Å². The summed E-state index contributed by atoms with van der Waals surface area (Å²) in [6, 6.07) is 6.22. The van der Waals surface area contributed by atoms with Crippen LogP contribution < -0.4 is 15.0 Å². The first-order valence-electron chi connectivity index (χ1n) is 12.7. The second kappa shape index (κ2) is 11.8. The van der Waals surface area contributed by atoms with Gasteiger partial charge < -0.3 is 15.0 Å². The fourth-order valence-corrected chi connectivity index (χ4v) is 6.02. The number of ether oxygens (including phenoxy) is 1. The molecule has 0 saturated carbocycles. The van der Waals surface area contributed by atoms with E-state index >= 15 is 0 Å². The molecule has 1 amide bonds. The maximum atomic E-state index is 13.6. The number of nitrogens with one attached hydrogen (secondary N) is 1. The van der Waals surface area contributed by atoms with Crippen LogP contribution in [0.3, 0.4) is 0 Å². The number of carbonyl (C=O) groups is 1. The topological polar surface area (TPSA) is 131 Å². The number of amides is 1. The van der Waals surface area contributed by atoms with Crippen LogP contribution in [0.2, 0.25) is 0 Å². The molecule has 0 spiro atoms. The molecule has 18 heteroatoms. The number of sulfonamides is 1. The van der Waals surface area contributed by atoms with Gasteiger partial charge in [-0.05, 0) is 42.0 Å². The first-order valence-corrected chi connectivity index (χ1v) is 14.1. The van der Waals surface area contributed by atoms with Crippen LogP contribution in [0.5, 0.6) is 5.75 Å². The highest BCUT2D eigenvalue weighted by atomic mass is 32.2. The zero-order chi connectivity index (χ0) is 31.7. The number of piperazine rings is 1. The molecular weight excluding hydrogens is 620 g/mol. The van der Waals surface area contributed by atoms with E-state index in [2.05, 4.69) is 30.0 Å². The Labute approximate surface area is 245 Å². The highest BCUT2D eigenvalue weighted by Crippen LogP contribution is 2.30. The average molecular weight is 642 g/mol. The molecule has 0 unspecified atom stereocenters. The van der Waals surface area contributed by atoms with Crippen molar-refractivity contribution in [1.82, 2.24) is 29.6 Å². The van der Waals surface area contributed by atoms with Crippen LogP contribution in [0.4, 0.5) is 32.2 Å². The molecular formula is C26H21F6N7O4S. The fraction of sp³-hybridized carbons (Fsp3) is 0.269. The minimum Gasteiger partial charge on any atom is -0.406 e. The molecule has 4 aromatic rings. The quantitative estimate of drug-likeness (QED) is 0.301. The Kier molecular flexibility index (Phi) is 8.30. The van der Waals surface area contributed by atoms with Crippen LogP contribution in [0, 0.1) is 0 Å². The first kappa shape index (κ1) is 30.9. The Balaban J connectivity index is 1.40. The zero-order valence-electron chi connectivity index (χ0n) is 22.2. The maximum absolute atomic E-state index is 13.6. The van der Waals surface area contributed by atoms with Gasteiger partial charge in [-0.1, -0.05) is 12.1 Å². The predicted molar refractivity (Wildman–Crippen MR) is 141 cm³/mol. The molecule has 0 bridgehead atoms. The van der Waals surface area contributed by atoms with E-state index in [1.54, 1.807) is 4.90 Å². The lowest BCUT2D eigenvalue weighted by atomic mass is 10.1. The summed E-state index contributed by atoms with van der Waals surface area (Å²) in [6.07, 6.45) is -5.39. The van der Waals surface area contributed by atoms with Crippen molar-refractivity contribution in [3.63, 3.8) is 0 Å². The number of hydrogen-bond acceptors (Lipinski definition) is 9. The smallest absolute Gasteiger partial charge is 0.406 e. The van der Waals surface area contributed by atoms with Gasteiger partial charge in [0.05, 0.1) is 22.9 Å². The SMILES string of the molecule is O=C(NCc1ccc(C(F)(F)F)cc1)[C@H]1CN(c2cnc3cncnc3n2)CCN1S(=O)(=O)c1ccc(OC(F)(F)F)cc1. The van der Waals surface area contributed by atoms with Crippen LogP contribution in [0.1, 0.15) is 11.1 Å². The fourth-order valence-electron chi connectivity index (χ4n) is 4.45. The lowest BCUT2D eigenvalue weighted by Crippen LogP contribution is -2.60. The number of nitrogens with zero attached hydrogens (tertiary/aromatic N) is 6. The summed E-state index contributed by atoms with van der Waals surface area (Å²) in [5.41, 5.74) is 0.119. The van der Waals surface area contributed by atoms with E-state index in [1.165, 1.54) is 30.9 Å². The van der Waals surface area contributed by atoms with Gasteiger partial charge in [-0.15, -0.1) is 13.2 Å². The number of hydrogen-bond donors (Lipinski definition) is 1. The van der Waals surface area contributed by atoms with Gasteiger partial charge in [0.25, 0.3) is 0 Å². The molecule has 232 valence electrons. The number of carbonyl (C=O) groups excluding carboxylic acids is 1. The first-order chi connectivity index (χ1) is 20.7. The van der Waals surface area contributed by atoms with Gasteiger partial charge in [0.15, 0.2) is 5.65 Å². The van der Waals surface area contributed by atoms with E-state index in [-0.39, 0.29) is 36.7 Å². The second-order valence-electron chi connectivity index (χ2n) is 9.47. The summed E-state index contributed by atoms with van der Waals surface area (Å²) in [4.78, 5) is 31.3. The molecule has 1 saturated heterocycles. The van der Waals surface area contributed by atoms with Crippen molar-refractivity contribution >= 4 is 32.9 Å². The highest BCUT2D eigenvalue weighted by Gasteiger charge is 2.41. The third-order valence-corrected chi connectivity index (χ3v) is 8.50. The zero-order valence-corrected chi connectivity index (χ0v) is 23.1. The van der Waals surface area contributed by atoms with Crippen molar-refractivity contribution in [2.45, 2.75) is 30.0 Å². The largest absolute Gasteiger partial charge is 0.573 e. The van der Waals surface area contributed by atoms with E-state index in [0.29, 0.717) is 16.9 Å². The van der Waals surface area contributed by atoms with Gasteiger partial charge in [-0.2, -0.15) is 17.5 Å². The summed E-state index contributed by atoms with van der Waals surface area (Å²) in [5, 5.41) is 2.56. The molecule has 44 heavy (non-hydrogen) atoms. The lowest BCUT2D eigenvalue weighted by molar-refractivity contribution is -0.274. The maximum Gasteiger partial charge on any atom is 0.573 e. The van der Waals surface area contributed by atoms with Gasteiger partial charge in [0.2, 0.25) is 15.9 Å². The normalized spacial score (nSPS) is 16.6. The lowest BCUT2D eigenvalue weighted by Gasteiger charge is -2.40. The number of benzene rings is 2. The molecule has 1 aliphatic heterocycles. The van der Waals surface area contributed by atoms with E-state index in [1.807, 2.05) is 0 Å². The average Bonchev–Trinajstić information content (AvgIpc) is 2.98. The van der Waals surface area contributed by atoms with E-state index in [9.17, 15) is 39.6 Å². The number of fused-ring (bicyclic) bond motifs is 1. The van der Waals surface area contributed by atoms with Crippen molar-refractivity contribution < 1.29 is 44.3 Å². The monoisotopic (exact) mass is 641 g/mol. The molecule has 0 aliphatic carbocycles. The Morgan fingerprint density at radius 3 is 2.32 bits per heavy atom. The van der Waals surface area contributed by atoms with Crippen molar-refractivity contribution in [2.24, 2.45) is 0 Å². The Morgan fingerprint density at radius 1 is 0.955 bits per heavy atom. The third kappa shape index (κ3) is 6.96. The van der Waals surface area contributed by atoms with Crippen molar-refractivity contribution in [2.75, 3.05) is 24.5 Å². The molecule has 3 heterocycles. The van der Waals surface area contributed by atoms with Crippen LogP contribution in [-0.2, 0) is 27.5 Å². The van der Waals surface area contributed by atoms with Gasteiger partial charge in [-0.3, -0.25) is 4.79 Å². The number of rotatable bonds is 7. The summed E-state index contributed by atoms with van der Waals surface area (Å²) in [7, 11) is -4.43. The Morgan fingerprint density at radius 2 is 1.66 bits per heavy atom. The molecule has 1 fully saturated rings. The van der Waals surface area contributed by atoms with Crippen LogP contribution >= 0.6 is 0 Å². The Hall–Kier alpha value is -4.58. The molecule has 1 N–H and O–H groups in total. The van der Waals surface area contributed by atoms with E-state index in [4.69, 9.17) is 0 Å². The van der Waals surface area contributed by atoms with E-state index < -0.39 is 45.8 Å². The summed E-state index contributed by atoms with van der Waals surface area (Å²) < 4.78 is 108. The number of aromatic nitrogens is 4. The number of alkyl halides is 6. The molecule has 11 nitrogen and oxygen atoms in total. The molecule has 1 atom stereocenters. The molecule has 5 rings (SSSR count). The summed E-state index contributed by atoms with van der Waals surface area (Å²) in [6.45, 7) is -0.594. The van der Waals surface area contributed by atoms with Crippen molar-refractivity contribution in [3.8, 4) is 5.75 Å². The summed E-state index contributed by atoms with van der Waals surface area (Å²) >= 11 is 0. The molecule has 2 aromatic carbocycles. The second-order valence-corrected chi connectivity index (χ2v) is 11.4. The van der Waals surface area contributed by atoms with Crippen LogP contribution in [-0.4, -0.2) is 70.6 Å². The van der Waals surface area contributed by atoms with Crippen LogP contribution in [0.15, 0.2) is 72.1 Å². The standard InChI is InChI=1S/C26H21F6N7O4S/c27-25(28,29)17-3-1-16(2-4-17)11-35-24(40)21-14-38(22-13-34-20-12-33-15-36-23(20)37-22)9-10-39(21)44(41,42)19-7-5-18(6-8-19)43-26(30,31)32/h1-8,12-13,15,21H,9-11,14H2,(H,35,40)/t21-/m1/s1. The molecule has 2 aromatic heterocycles. The number of anilines is 1. The number of halogens is 6. The van der Waals surface area contributed by atoms with Gasteiger partial charge in [0.1, 0.15) is 29.5 Å². The summed E-state index contributed by atoms with van der Waals surface area (Å²) in [5.74, 6) is -1.11. The molecule has 1 aliphatic rings.